The van der Waals surface area contributed by atoms with Gasteiger partial charge in [0.2, 0.25) is 5.91 Å². The molecular formula is C23H25N3O4. The highest BCUT2D eigenvalue weighted by Crippen LogP contribution is 2.23. The number of carbonyl (C=O) groups excluding carboxylic acids is 3. The van der Waals surface area contributed by atoms with Crippen molar-refractivity contribution in [3.05, 3.63) is 71.8 Å². The topological polar surface area (TPSA) is 79.0 Å². The molecule has 4 rings (SSSR count). The number of ether oxygens (including phenoxy) is 1. The molecule has 2 atom stereocenters. The first-order valence-electron chi connectivity index (χ1n) is 10.2. The van der Waals surface area contributed by atoms with E-state index in [2.05, 4.69) is 5.32 Å². The number of urea groups is 1. The Hall–Kier alpha value is -3.19. The molecule has 156 valence electrons. The fraction of sp³-hybridized carbons (Fsp3) is 0.348. The van der Waals surface area contributed by atoms with E-state index in [9.17, 15) is 14.4 Å². The lowest BCUT2D eigenvalue weighted by Gasteiger charge is -2.33. The highest BCUT2D eigenvalue weighted by molar-refractivity contribution is 6.04. The summed E-state index contributed by atoms with van der Waals surface area (Å²) in [7, 11) is 0. The monoisotopic (exact) mass is 407 g/mol. The lowest BCUT2D eigenvalue weighted by atomic mass is 10.1. The van der Waals surface area contributed by atoms with Gasteiger partial charge >= 0.3 is 6.03 Å². The Morgan fingerprint density at radius 3 is 2.47 bits per heavy atom. The number of hydrogen-bond donors (Lipinski definition) is 1. The van der Waals surface area contributed by atoms with E-state index in [1.165, 1.54) is 4.90 Å². The Morgan fingerprint density at radius 2 is 1.73 bits per heavy atom. The summed E-state index contributed by atoms with van der Waals surface area (Å²) >= 11 is 0. The van der Waals surface area contributed by atoms with Crippen LogP contribution in [0.25, 0.3) is 0 Å². The van der Waals surface area contributed by atoms with Crippen LogP contribution in [0, 0.1) is 0 Å². The number of carbonyl (C=O) groups is 3. The molecule has 7 heteroatoms. The number of amides is 4. The quantitative estimate of drug-likeness (QED) is 0.747. The second-order valence-electron chi connectivity index (χ2n) is 7.56. The number of benzene rings is 2. The SMILES string of the molecule is O=C(CC[C@@H]1NC(=O)N(Cc2ccccc2)C1=O)N1CCO[C@@H](c2ccccc2)C1. The summed E-state index contributed by atoms with van der Waals surface area (Å²) in [6.45, 7) is 1.74. The molecule has 2 heterocycles. The maximum absolute atomic E-state index is 12.7. The minimum atomic E-state index is -0.656. The number of hydrogen-bond acceptors (Lipinski definition) is 4. The van der Waals surface area contributed by atoms with Crippen molar-refractivity contribution in [3.63, 3.8) is 0 Å². The van der Waals surface area contributed by atoms with Gasteiger partial charge in [0.15, 0.2) is 0 Å². The molecule has 2 fully saturated rings. The average Bonchev–Trinajstić information content (AvgIpc) is 3.06. The third kappa shape index (κ3) is 4.52. The minimum Gasteiger partial charge on any atom is -0.370 e. The van der Waals surface area contributed by atoms with E-state index >= 15 is 0 Å². The van der Waals surface area contributed by atoms with Gasteiger partial charge in [-0.3, -0.25) is 14.5 Å². The molecule has 0 aromatic heterocycles. The van der Waals surface area contributed by atoms with Crippen LogP contribution in [0.1, 0.15) is 30.1 Å². The molecule has 0 spiro atoms. The Kier molecular flexibility index (Phi) is 6.09. The lowest BCUT2D eigenvalue weighted by Crippen LogP contribution is -2.43. The summed E-state index contributed by atoms with van der Waals surface area (Å²) in [4.78, 5) is 40.6. The Balaban J connectivity index is 1.30. The molecule has 0 aliphatic carbocycles. The highest BCUT2D eigenvalue weighted by Gasteiger charge is 2.38. The van der Waals surface area contributed by atoms with Gasteiger partial charge in [-0.1, -0.05) is 60.7 Å². The predicted molar refractivity (Wildman–Crippen MR) is 110 cm³/mol. The van der Waals surface area contributed by atoms with Gasteiger partial charge < -0.3 is 15.0 Å². The Labute approximate surface area is 175 Å². The maximum atomic E-state index is 12.7. The summed E-state index contributed by atoms with van der Waals surface area (Å²) < 4.78 is 5.81. The molecule has 2 aromatic carbocycles. The molecule has 2 aliphatic heterocycles. The molecule has 2 aliphatic rings. The number of nitrogens with zero attached hydrogens (tertiary/aromatic N) is 2. The predicted octanol–water partition coefficient (Wildman–Crippen LogP) is 2.49. The fourth-order valence-corrected chi connectivity index (χ4v) is 3.86. The largest absolute Gasteiger partial charge is 0.370 e. The average molecular weight is 407 g/mol. The van der Waals surface area contributed by atoms with Gasteiger partial charge in [0.25, 0.3) is 5.91 Å². The third-order valence-corrected chi connectivity index (χ3v) is 5.53. The minimum absolute atomic E-state index is 0.0252. The zero-order valence-electron chi connectivity index (χ0n) is 16.7. The summed E-state index contributed by atoms with van der Waals surface area (Å²) in [6.07, 6.45) is 0.359. The van der Waals surface area contributed by atoms with E-state index < -0.39 is 12.1 Å². The zero-order chi connectivity index (χ0) is 20.9. The van der Waals surface area contributed by atoms with E-state index in [1.807, 2.05) is 60.7 Å². The van der Waals surface area contributed by atoms with E-state index in [1.54, 1.807) is 4.90 Å². The second-order valence-corrected chi connectivity index (χ2v) is 7.56. The van der Waals surface area contributed by atoms with Gasteiger partial charge in [0, 0.05) is 13.0 Å². The van der Waals surface area contributed by atoms with Gasteiger partial charge in [0.1, 0.15) is 12.1 Å². The van der Waals surface area contributed by atoms with Crippen molar-refractivity contribution in [2.75, 3.05) is 19.7 Å². The fourth-order valence-electron chi connectivity index (χ4n) is 3.86. The highest BCUT2D eigenvalue weighted by atomic mass is 16.5. The molecule has 1 N–H and O–H groups in total. The van der Waals surface area contributed by atoms with Crippen molar-refractivity contribution in [2.45, 2.75) is 31.5 Å². The van der Waals surface area contributed by atoms with Gasteiger partial charge in [-0.2, -0.15) is 0 Å². The van der Waals surface area contributed by atoms with E-state index in [0.717, 1.165) is 11.1 Å². The van der Waals surface area contributed by atoms with Crippen LogP contribution >= 0.6 is 0 Å². The normalized spacial score (nSPS) is 21.6. The van der Waals surface area contributed by atoms with Crippen molar-refractivity contribution in [2.24, 2.45) is 0 Å². The third-order valence-electron chi connectivity index (χ3n) is 5.53. The smallest absolute Gasteiger partial charge is 0.325 e. The Morgan fingerprint density at radius 1 is 1.03 bits per heavy atom. The number of imide groups is 1. The molecule has 7 nitrogen and oxygen atoms in total. The first-order valence-corrected chi connectivity index (χ1v) is 10.2. The molecular weight excluding hydrogens is 382 g/mol. The van der Waals surface area contributed by atoms with Crippen LogP contribution in [0.4, 0.5) is 4.79 Å². The van der Waals surface area contributed by atoms with E-state index in [0.29, 0.717) is 26.1 Å². The first kappa shape index (κ1) is 20.1. The summed E-state index contributed by atoms with van der Waals surface area (Å²) in [5.74, 6) is -0.302. The molecule has 0 unspecified atom stereocenters. The lowest BCUT2D eigenvalue weighted by molar-refractivity contribution is -0.139. The van der Waals surface area contributed by atoms with Crippen molar-refractivity contribution < 1.29 is 19.1 Å². The Bertz CT molecular complexity index is 903. The molecule has 4 amide bonds. The number of morpholine rings is 1. The van der Waals surface area contributed by atoms with Crippen LogP contribution in [0.2, 0.25) is 0 Å². The van der Waals surface area contributed by atoms with Gasteiger partial charge in [-0.15, -0.1) is 0 Å². The van der Waals surface area contributed by atoms with E-state index in [-0.39, 0.29) is 30.9 Å². The van der Waals surface area contributed by atoms with Gasteiger partial charge in [-0.25, -0.2) is 4.79 Å². The number of nitrogens with one attached hydrogen (secondary N) is 1. The van der Waals surface area contributed by atoms with Crippen molar-refractivity contribution in [1.29, 1.82) is 0 Å². The van der Waals surface area contributed by atoms with Crippen LogP contribution in [-0.4, -0.2) is 53.4 Å². The standard InChI is InChI=1S/C23H25N3O4/c27-21(25-13-14-30-20(16-25)18-9-5-2-6-10-18)12-11-19-22(28)26(23(29)24-19)15-17-7-3-1-4-8-17/h1-10,19-20H,11-16H2,(H,24,29)/t19-,20+/m0/s1. The second kappa shape index (κ2) is 9.09. The van der Waals surface area contributed by atoms with Crippen LogP contribution in [0.5, 0.6) is 0 Å². The van der Waals surface area contributed by atoms with Gasteiger partial charge in [-0.05, 0) is 17.5 Å². The molecule has 2 aromatic rings. The maximum Gasteiger partial charge on any atom is 0.325 e. The van der Waals surface area contributed by atoms with Crippen LogP contribution < -0.4 is 5.32 Å². The molecule has 0 radical (unpaired) electrons. The van der Waals surface area contributed by atoms with Crippen LogP contribution in [0.15, 0.2) is 60.7 Å². The summed E-state index contributed by atoms with van der Waals surface area (Å²) in [6, 6.07) is 18.2. The number of rotatable bonds is 6. The molecule has 2 saturated heterocycles. The molecule has 0 bridgehead atoms. The zero-order valence-corrected chi connectivity index (χ0v) is 16.7. The molecule has 30 heavy (non-hydrogen) atoms. The van der Waals surface area contributed by atoms with Gasteiger partial charge in [0.05, 0.1) is 19.7 Å². The van der Waals surface area contributed by atoms with Crippen molar-refractivity contribution >= 4 is 17.8 Å². The van der Waals surface area contributed by atoms with E-state index in [4.69, 9.17) is 4.74 Å². The first-order chi connectivity index (χ1) is 14.6. The van der Waals surface area contributed by atoms with Crippen molar-refractivity contribution in [1.82, 2.24) is 15.1 Å². The van der Waals surface area contributed by atoms with Crippen LogP contribution in [-0.2, 0) is 20.9 Å². The summed E-state index contributed by atoms with van der Waals surface area (Å²) in [5, 5.41) is 2.71. The summed E-state index contributed by atoms with van der Waals surface area (Å²) in [5.41, 5.74) is 1.93. The molecule has 0 saturated carbocycles. The van der Waals surface area contributed by atoms with Crippen molar-refractivity contribution in [3.8, 4) is 0 Å². The van der Waals surface area contributed by atoms with Crippen LogP contribution in [0.3, 0.4) is 0 Å².